The minimum Gasteiger partial charge on any atom is -0.249 e. The number of hydrogen-bond acceptors (Lipinski definition) is 2. The number of hydrogen-bond donors (Lipinski definition) is 0. The van der Waals surface area contributed by atoms with Gasteiger partial charge in [-0.1, -0.05) is 49.9 Å². The van der Waals surface area contributed by atoms with E-state index < -0.39 is 10.8 Å². The Morgan fingerprint density at radius 3 is 2.50 bits per heavy atom. The van der Waals surface area contributed by atoms with Crippen molar-refractivity contribution in [2.24, 2.45) is 0 Å². The molecule has 0 saturated heterocycles. The maximum Gasteiger partial charge on any atom is 0.0872 e. The molecule has 1 atom stereocenters. The Morgan fingerprint density at radius 2 is 1.72 bits per heavy atom. The fourth-order valence-corrected chi connectivity index (χ4v) is 5.17. The van der Waals surface area contributed by atoms with Gasteiger partial charge in [-0.2, -0.15) is 0 Å². The molecule has 1 unspecified atom stereocenters. The lowest BCUT2D eigenvalue weighted by molar-refractivity contribution is 0.678. The summed E-state index contributed by atoms with van der Waals surface area (Å²) in [6, 6.07) is 14.1. The lowest BCUT2D eigenvalue weighted by atomic mass is 10.0. The van der Waals surface area contributed by atoms with E-state index in [1.165, 1.54) is 10.5 Å². The minimum atomic E-state index is -1.04. The molecule has 1 aliphatic rings. The number of fused-ring (bicyclic) bond motifs is 2. The molecule has 0 amide bonds. The molecule has 1 heterocycles. The standard InChI is InChI=1S/C15H14OS2/c1-10(2)11-6-5-9-14-15(11)17-12-7-3-4-8-13(12)18(14)16/h3-10H,1-2H3. The van der Waals surface area contributed by atoms with Crippen LogP contribution < -0.4 is 0 Å². The van der Waals surface area contributed by atoms with Crippen molar-refractivity contribution >= 4 is 22.6 Å². The molecule has 2 aromatic rings. The van der Waals surface area contributed by atoms with Gasteiger partial charge in [-0.15, -0.1) is 0 Å². The van der Waals surface area contributed by atoms with Crippen molar-refractivity contribution in [2.75, 3.05) is 0 Å². The second kappa shape index (κ2) is 4.56. The molecule has 1 nitrogen and oxygen atoms in total. The van der Waals surface area contributed by atoms with Crippen molar-refractivity contribution in [2.45, 2.75) is 39.3 Å². The van der Waals surface area contributed by atoms with E-state index in [4.69, 9.17) is 0 Å². The molecule has 0 bridgehead atoms. The van der Waals surface area contributed by atoms with Gasteiger partial charge in [-0.05, 0) is 29.7 Å². The molecule has 0 saturated carbocycles. The molecule has 1 aliphatic heterocycles. The van der Waals surface area contributed by atoms with Crippen LogP contribution in [-0.4, -0.2) is 4.21 Å². The average molecular weight is 274 g/mol. The summed E-state index contributed by atoms with van der Waals surface area (Å²) >= 11 is 1.75. The molecule has 0 radical (unpaired) electrons. The molecular weight excluding hydrogens is 260 g/mol. The van der Waals surface area contributed by atoms with E-state index in [2.05, 4.69) is 26.0 Å². The Morgan fingerprint density at radius 1 is 1.00 bits per heavy atom. The van der Waals surface area contributed by atoms with Gasteiger partial charge in [0.25, 0.3) is 0 Å². The van der Waals surface area contributed by atoms with E-state index in [1.807, 2.05) is 30.3 Å². The van der Waals surface area contributed by atoms with E-state index >= 15 is 0 Å². The summed E-state index contributed by atoms with van der Waals surface area (Å²) < 4.78 is 12.6. The SMILES string of the molecule is CC(C)c1cccc2c1Sc1ccccc1S2=O. The maximum atomic E-state index is 12.6. The Kier molecular flexibility index (Phi) is 3.04. The fourth-order valence-electron chi connectivity index (χ4n) is 2.16. The van der Waals surface area contributed by atoms with Gasteiger partial charge in [-0.3, -0.25) is 0 Å². The Balaban J connectivity index is 2.22. The van der Waals surface area contributed by atoms with Gasteiger partial charge in [0.1, 0.15) is 0 Å². The summed E-state index contributed by atoms with van der Waals surface area (Å²) in [5.74, 6) is 0.453. The summed E-state index contributed by atoms with van der Waals surface area (Å²) in [6.07, 6.45) is 0. The second-order valence-electron chi connectivity index (χ2n) is 4.65. The van der Waals surface area contributed by atoms with Gasteiger partial charge < -0.3 is 0 Å². The zero-order chi connectivity index (χ0) is 12.7. The summed E-state index contributed by atoms with van der Waals surface area (Å²) in [7, 11) is -1.04. The first kappa shape index (κ1) is 12.0. The van der Waals surface area contributed by atoms with Crippen LogP contribution in [0.4, 0.5) is 0 Å². The van der Waals surface area contributed by atoms with E-state index in [0.717, 1.165) is 14.7 Å². The highest BCUT2D eigenvalue weighted by atomic mass is 32.2. The highest BCUT2D eigenvalue weighted by Gasteiger charge is 2.25. The Hall–Kier alpha value is -1.06. The van der Waals surface area contributed by atoms with E-state index in [0.29, 0.717) is 5.92 Å². The molecule has 0 spiro atoms. The van der Waals surface area contributed by atoms with Gasteiger partial charge in [0.15, 0.2) is 0 Å². The topological polar surface area (TPSA) is 17.1 Å². The third-order valence-electron chi connectivity index (χ3n) is 3.09. The lowest BCUT2D eigenvalue weighted by Gasteiger charge is -2.22. The molecule has 3 rings (SSSR count). The Labute approximate surface area is 114 Å². The van der Waals surface area contributed by atoms with E-state index in [-0.39, 0.29) is 0 Å². The average Bonchev–Trinajstić information content (AvgIpc) is 2.38. The molecule has 92 valence electrons. The van der Waals surface area contributed by atoms with E-state index in [9.17, 15) is 4.21 Å². The first-order chi connectivity index (χ1) is 8.68. The van der Waals surface area contributed by atoms with Gasteiger partial charge in [-0.25, -0.2) is 4.21 Å². The monoisotopic (exact) mass is 274 g/mol. The number of benzene rings is 2. The molecule has 0 N–H and O–H groups in total. The quantitative estimate of drug-likeness (QED) is 0.652. The first-order valence-electron chi connectivity index (χ1n) is 6.00. The zero-order valence-electron chi connectivity index (χ0n) is 10.3. The predicted octanol–water partition coefficient (Wildman–Crippen LogP) is 4.44. The van der Waals surface area contributed by atoms with Crippen LogP contribution in [0.25, 0.3) is 0 Å². The predicted molar refractivity (Wildman–Crippen MR) is 75.8 cm³/mol. The molecule has 0 aromatic heterocycles. The van der Waals surface area contributed by atoms with Crippen molar-refractivity contribution in [1.82, 2.24) is 0 Å². The molecule has 0 fully saturated rings. The first-order valence-corrected chi connectivity index (χ1v) is 7.96. The summed E-state index contributed by atoms with van der Waals surface area (Å²) in [6.45, 7) is 4.36. The van der Waals surface area contributed by atoms with Gasteiger partial charge >= 0.3 is 0 Å². The fraction of sp³-hybridized carbons (Fsp3) is 0.200. The highest BCUT2D eigenvalue weighted by Crippen LogP contribution is 2.45. The second-order valence-corrected chi connectivity index (χ2v) is 7.12. The molecular formula is C15H14OS2. The van der Waals surface area contributed by atoms with Crippen molar-refractivity contribution in [1.29, 1.82) is 0 Å². The maximum absolute atomic E-state index is 12.6. The summed E-state index contributed by atoms with van der Waals surface area (Å²) in [4.78, 5) is 4.21. The van der Waals surface area contributed by atoms with Crippen LogP contribution in [0.2, 0.25) is 0 Å². The third kappa shape index (κ3) is 1.82. The zero-order valence-corrected chi connectivity index (χ0v) is 12.0. The molecule has 0 aliphatic carbocycles. The molecule has 2 aromatic carbocycles. The van der Waals surface area contributed by atoms with E-state index in [1.54, 1.807) is 11.8 Å². The van der Waals surface area contributed by atoms with Crippen molar-refractivity contribution in [3.05, 3.63) is 48.0 Å². The van der Waals surface area contributed by atoms with Gasteiger partial charge in [0.05, 0.1) is 20.6 Å². The van der Waals surface area contributed by atoms with Crippen LogP contribution in [-0.2, 0) is 10.8 Å². The molecule has 18 heavy (non-hydrogen) atoms. The third-order valence-corrected chi connectivity index (χ3v) is 6.08. The normalized spacial score (nSPS) is 17.4. The lowest BCUT2D eigenvalue weighted by Crippen LogP contribution is -2.05. The Bertz CT molecular complexity index is 632. The van der Waals surface area contributed by atoms with Gasteiger partial charge in [0, 0.05) is 9.79 Å². The van der Waals surface area contributed by atoms with Crippen LogP contribution in [0.3, 0.4) is 0 Å². The van der Waals surface area contributed by atoms with Gasteiger partial charge in [0.2, 0.25) is 0 Å². The smallest absolute Gasteiger partial charge is 0.0872 e. The number of rotatable bonds is 1. The largest absolute Gasteiger partial charge is 0.249 e. The van der Waals surface area contributed by atoms with Crippen LogP contribution in [0.1, 0.15) is 25.3 Å². The summed E-state index contributed by atoms with van der Waals surface area (Å²) in [5, 5.41) is 0. The van der Waals surface area contributed by atoms with Crippen LogP contribution in [0, 0.1) is 0 Å². The highest BCUT2D eigenvalue weighted by molar-refractivity contribution is 8.01. The van der Waals surface area contributed by atoms with Crippen molar-refractivity contribution in [3.8, 4) is 0 Å². The summed E-state index contributed by atoms with van der Waals surface area (Å²) in [5.41, 5.74) is 1.29. The van der Waals surface area contributed by atoms with Crippen LogP contribution in [0.15, 0.2) is 62.0 Å². The molecule has 3 heteroatoms. The van der Waals surface area contributed by atoms with Crippen molar-refractivity contribution in [3.63, 3.8) is 0 Å². The van der Waals surface area contributed by atoms with Crippen LogP contribution >= 0.6 is 11.8 Å². The minimum absolute atomic E-state index is 0.453. The van der Waals surface area contributed by atoms with Crippen molar-refractivity contribution < 1.29 is 4.21 Å². The van der Waals surface area contributed by atoms with Crippen LogP contribution in [0.5, 0.6) is 0 Å².